The molecule has 0 bridgehead atoms. The maximum absolute atomic E-state index is 13.5. The second-order valence-electron chi connectivity index (χ2n) is 4.49. The summed E-state index contributed by atoms with van der Waals surface area (Å²) < 4.78 is 18.5. The summed E-state index contributed by atoms with van der Waals surface area (Å²) in [6.07, 6.45) is 0. The molecule has 0 unspecified atom stereocenters. The van der Waals surface area contributed by atoms with Gasteiger partial charge in [0.25, 0.3) is 5.69 Å². The highest BCUT2D eigenvalue weighted by molar-refractivity contribution is 5.42. The third kappa shape index (κ3) is 4.00. The first kappa shape index (κ1) is 14.9. The highest BCUT2D eigenvalue weighted by Gasteiger charge is 2.10. The van der Waals surface area contributed by atoms with Gasteiger partial charge in [-0.3, -0.25) is 10.1 Å². The van der Waals surface area contributed by atoms with Gasteiger partial charge in [-0.15, -0.1) is 0 Å². The number of nitro benzene ring substituents is 1. The van der Waals surface area contributed by atoms with Gasteiger partial charge in [0.1, 0.15) is 11.6 Å². The van der Waals surface area contributed by atoms with Gasteiger partial charge in [0.2, 0.25) is 0 Å². The molecule has 2 aromatic rings. The van der Waals surface area contributed by atoms with Crippen LogP contribution in [0.5, 0.6) is 5.75 Å². The number of benzene rings is 2. The van der Waals surface area contributed by atoms with E-state index in [9.17, 15) is 14.5 Å². The minimum absolute atomic E-state index is 0.0305. The van der Waals surface area contributed by atoms with Crippen molar-refractivity contribution in [1.82, 2.24) is 5.32 Å². The summed E-state index contributed by atoms with van der Waals surface area (Å²) in [6.45, 7) is 0.726. The van der Waals surface area contributed by atoms with Crippen molar-refractivity contribution in [2.75, 3.05) is 7.11 Å². The van der Waals surface area contributed by atoms with Gasteiger partial charge in [-0.1, -0.05) is 18.2 Å². The average Bonchev–Trinajstić information content (AvgIpc) is 2.49. The molecule has 0 radical (unpaired) electrons. The van der Waals surface area contributed by atoms with E-state index >= 15 is 0 Å². The molecule has 0 fully saturated rings. The van der Waals surface area contributed by atoms with Crippen LogP contribution < -0.4 is 10.1 Å². The predicted molar refractivity (Wildman–Crippen MR) is 76.6 cm³/mol. The lowest BCUT2D eigenvalue weighted by Gasteiger charge is -2.08. The van der Waals surface area contributed by atoms with Crippen LogP contribution >= 0.6 is 0 Å². The molecule has 0 aliphatic heterocycles. The fourth-order valence-corrected chi connectivity index (χ4v) is 1.95. The Bertz CT molecular complexity index is 647. The zero-order valence-electron chi connectivity index (χ0n) is 11.5. The monoisotopic (exact) mass is 290 g/mol. The molecule has 0 aliphatic carbocycles. The van der Waals surface area contributed by atoms with Gasteiger partial charge in [-0.2, -0.15) is 0 Å². The molecule has 21 heavy (non-hydrogen) atoms. The molecule has 5 nitrogen and oxygen atoms in total. The highest BCUT2D eigenvalue weighted by atomic mass is 19.1. The van der Waals surface area contributed by atoms with Gasteiger partial charge >= 0.3 is 0 Å². The first-order valence-electron chi connectivity index (χ1n) is 6.36. The van der Waals surface area contributed by atoms with E-state index in [0.29, 0.717) is 30.0 Å². The summed E-state index contributed by atoms with van der Waals surface area (Å²) >= 11 is 0. The summed E-state index contributed by atoms with van der Waals surface area (Å²) in [5.74, 6) is 0.147. The largest absolute Gasteiger partial charge is 0.496 e. The molecule has 0 saturated heterocycles. The molecular weight excluding hydrogens is 275 g/mol. The zero-order chi connectivity index (χ0) is 15.2. The molecule has 2 aromatic carbocycles. The van der Waals surface area contributed by atoms with Crippen molar-refractivity contribution in [1.29, 1.82) is 0 Å². The maximum Gasteiger partial charge on any atom is 0.273 e. The second kappa shape index (κ2) is 6.81. The summed E-state index contributed by atoms with van der Waals surface area (Å²) in [7, 11) is 1.45. The number of halogens is 1. The average molecular weight is 290 g/mol. The summed E-state index contributed by atoms with van der Waals surface area (Å²) in [6, 6.07) is 11.0. The van der Waals surface area contributed by atoms with Gasteiger partial charge in [-0.05, 0) is 17.7 Å². The number of hydrogen-bond donors (Lipinski definition) is 1. The van der Waals surface area contributed by atoms with Crippen LogP contribution in [-0.2, 0) is 13.1 Å². The van der Waals surface area contributed by atoms with E-state index in [2.05, 4.69) is 5.32 Å². The van der Waals surface area contributed by atoms with Crippen molar-refractivity contribution in [3.63, 3.8) is 0 Å². The third-order valence-corrected chi connectivity index (χ3v) is 3.00. The first-order chi connectivity index (χ1) is 10.1. The Kier molecular flexibility index (Phi) is 4.84. The third-order valence-electron chi connectivity index (χ3n) is 3.00. The van der Waals surface area contributed by atoms with Crippen LogP contribution in [0, 0.1) is 15.9 Å². The minimum Gasteiger partial charge on any atom is -0.496 e. The summed E-state index contributed by atoms with van der Waals surface area (Å²) in [5, 5.41) is 13.9. The van der Waals surface area contributed by atoms with Crippen molar-refractivity contribution in [2.24, 2.45) is 0 Å². The van der Waals surface area contributed by atoms with Gasteiger partial charge in [-0.25, -0.2) is 4.39 Å². The van der Waals surface area contributed by atoms with Crippen LogP contribution in [0.3, 0.4) is 0 Å². The standard InChI is InChI=1S/C15H15FN2O3/c1-21-14-7-11(6-13(8-14)18(19)20)9-17-10-12-4-2-3-5-15(12)16/h2-8,17H,9-10H2,1H3. The van der Waals surface area contributed by atoms with E-state index in [1.165, 1.54) is 25.3 Å². The Morgan fingerprint density at radius 1 is 1.24 bits per heavy atom. The normalized spacial score (nSPS) is 10.4. The molecule has 110 valence electrons. The van der Waals surface area contributed by atoms with Gasteiger partial charge in [0.05, 0.1) is 18.1 Å². The van der Waals surface area contributed by atoms with E-state index in [1.54, 1.807) is 24.3 Å². The number of rotatable bonds is 6. The number of nitrogens with zero attached hydrogens (tertiary/aromatic N) is 1. The van der Waals surface area contributed by atoms with Crippen molar-refractivity contribution in [2.45, 2.75) is 13.1 Å². The molecule has 0 aliphatic rings. The molecule has 6 heteroatoms. The molecule has 0 heterocycles. The van der Waals surface area contributed by atoms with Crippen LogP contribution in [-0.4, -0.2) is 12.0 Å². The molecule has 0 amide bonds. The molecule has 0 spiro atoms. The number of nitrogens with one attached hydrogen (secondary N) is 1. The zero-order valence-corrected chi connectivity index (χ0v) is 11.5. The Balaban J connectivity index is 2.04. The Morgan fingerprint density at radius 3 is 2.67 bits per heavy atom. The maximum atomic E-state index is 13.5. The smallest absolute Gasteiger partial charge is 0.273 e. The van der Waals surface area contributed by atoms with Gasteiger partial charge in [0.15, 0.2) is 0 Å². The van der Waals surface area contributed by atoms with Crippen LogP contribution in [0.2, 0.25) is 0 Å². The quantitative estimate of drug-likeness (QED) is 0.656. The molecule has 0 atom stereocenters. The van der Waals surface area contributed by atoms with E-state index in [-0.39, 0.29) is 11.5 Å². The lowest BCUT2D eigenvalue weighted by Crippen LogP contribution is -2.14. The molecular formula is C15H15FN2O3. The van der Waals surface area contributed by atoms with E-state index in [1.807, 2.05) is 0 Å². The Morgan fingerprint density at radius 2 is 2.00 bits per heavy atom. The Labute approximate surface area is 121 Å². The molecule has 1 N–H and O–H groups in total. The summed E-state index contributed by atoms with van der Waals surface area (Å²) in [4.78, 5) is 10.4. The number of methoxy groups -OCH3 is 1. The van der Waals surface area contributed by atoms with Crippen LogP contribution in [0.4, 0.5) is 10.1 Å². The van der Waals surface area contributed by atoms with E-state index < -0.39 is 4.92 Å². The van der Waals surface area contributed by atoms with Crippen LogP contribution in [0.25, 0.3) is 0 Å². The number of nitro groups is 1. The predicted octanol–water partition coefficient (Wildman–Crippen LogP) is 3.03. The second-order valence-corrected chi connectivity index (χ2v) is 4.49. The van der Waals surface area contributed by atoms with Crippen molar-refractivity contribution >= 4 is 5.69 Å². The SMILES string of the molecule is COc1cc(CNCc2ccccc2F)cc([N+](=O)[O-])c1. The Hall–Kier alpha value is -2.47. The van der Waals surface area contributed by atoms with E-state index in [0.717, 1.165) is 0 Å². The van der Waals surface area contributed by atoms with Crippen molar-refractivity contribution < 1.29 is 14.1 Å². The summed E-state index contributed by atoms with van der Waals surface area (Å²) in [5.41, 5.74) is 1.23. The topological polar surface area (TPSA) is 64.4 Å². The molecule has 0 aromatic heterocycles. The first-order valence-corrected chi connectivity index (χ1v) is 6.36. The number of non-ortho nitro benzene ring substituents is 1. The van der Waals surface area contributed by atoms with Gasteiger partial charge in [0, 0.05) is 24.7 Å². The fourth-order valence-electron chi connectivity index (χ4n) is 1.95. The van der Waals surface area contributed by atoms with E-state index in [4.69, 9.17) is 4.74 Å². The fraction of sp³-hybridized carbons (Fsp3) is 0.200. The molecule has 0 saturated carbocycles. The minimum atomic E-state index is -0.469. The lowest BCUT2D eigenvalue weighted by atomic mass is 10.1. The van der Waals surface area contributed by atoms with Crippen LogP contribution in [0.15, 0.2) is 42.5 Å². The van der Waals surface area contributed by atoms with Crippen molar-refractivity contribution in [3.8, 4) is 5.75 Å². The van der Waals surface area contributed by atoms with Crippen molar-refractivity contribution in [3.05, 3.63) is 69.5 Å². The van der Waals surface area contributed by atoms with Crippen LogP contribution in [0.1, 0.15) is 11.1 Å². The highest BCUT2D eigenvalue weighted by Crippen LogP contribution is 2.22. The molecule has 2 rings (SSSR count). The van der Waals surface area contributed by atoms with Gasteiger partial charge < -0.3 is 10.1 Å². The number of ether oxygens (including phenoxy) is 1. The number of hydrogen-bond acceptors (Lipinski definition) is 4. The lowest BCUT2D eigenvalue weighted by molar-refractivity contribution is -0.385.